The van der Waals surface area contributed by atoms with Crippen LogP contribution in [0.2, 0.25) is 0 Å². The van der Waals surface area contributed by atoms with E-state index in [-0.39, 0.29) is 23.5 Å². The summed E-state index contributed by atoms with van der Waals surface area (Å²) in [5, 5.41) is 2.97. The number of benzene rings is 1. The van der Waals surface area contributed by atoms with Crippen molar-refractivity contribution in [1.29, 1.82) is 0 Å². The minimum absolute atomic E-state index is 0.0587. The zero-order valence-corrected chi connectivity index (χ0v) is 19.3. The number of aryl methyl sites for hydroxylation is 1. The highest BCUT2D eigenvalue weighted by Crippen LogP contribution is 2.38. The lowest BCUT2D eigenvalue weighted by atomic mass is 10.1. The van der Waals surface area contributed by atoms with Crippen LogP contribution in [-0.4, -0.2) is 63.4 Å². The number of esters is 1. The molecular formula is C21H23N3O7S2. The highest BCUT2D eigenvalue weighted by Gasteiger charge is 2.27. The summed E-state index contributed by atoms with van der Waals surface area (Å²) in [5.74, 6) is -1.98. The van der Waals surface area contributed by atoms with E-state index in [0.29, 0.717) is 23.8 Å². The highest BCUT2D eigenvalue weighted by molar-refractivity contribution is 7.89. The number of primary amides is 1. The summed E-state index contributed by atoms with van der Waals surface area (Å²) < 4.78 is 36.9. The molecule has 12 heteroatoms. The van der Waals surface area contributed by atoms with E-state index in [1.54, 1.807) is 0 Å². The third-order valence-electron chi connectivity index (χ3n) is 5.45. The Balaban J connectivity index is 1.35. The van der Waals surface area contributed by atoms with Gasteiger partial charge in [0.15, 0.2) is 6.61 Å². The van der Waals surface area contributed by atoms with Crippen LogP contribution in [-0.2, 0) is 37.1 Å². The Labute approximate surface area is 194 Å². The van der Waals surface area contributed by atoms with Gasteiger partial charge in [0.25, 0.3) is 11.8 Å². The molecule has 0 spiro atoms. The number of fused-ring (bicyclic) bond motifs is 1. The molecule has 10 nitrogen and oxygen atoms in total. The number of rotatable bonds is 7. The average Bonchev–Trinajstić information content (AvgIpc) is 3.38. The fourth-order valence-electron chi connectivity index (χ4n) is 3.83. The molecule has 1 aliphatic carbocycles. The highest BCUT2D eigenvalue weighted by atomic mass is 32.2. The molecule has 0 atom stereocenters. The monoisotopic (exact) mass is 493 g/mol. The Morgan fingerprint density at radius 2 is 1.82 bits per heavy atom. The molecule has 2 heterocycles. The standard InChI is InChI=1S/C21H23N3O7S2/c22-19(26)18-15-2-1-3-16(15)32-20(18)23-17(25)12-31-21(27)13-4-6-14(7-5-13)33(28,29)24-8-10-30-11-9-24/h4-7H,1-3,8-12H2,(H2,22,26)(H,23,25). The molecule has 1 aromatic heterocycles. The van der Waals surface area contributed by atoms with Crippen molar-refractivity contribution in [3.63, 3.8) is 0 Å². The number of anilines is 1. The van der Waals surface area contributed by atoms with Gasteiger partial charge in [0.2, 0.25) is 10.0 Å². The van der Waals surface area contributed by atoms with E-state index < -0.39 is 34.4 Å². The number of hydrogen-bond donors (Lipinski definition) is 2. The molecule has 0 unspecified atom stereocenters. The summed E-state index contributed by atoms with van der Waals surface area (Å²) >= 11 is 1.31. The van der Waals surface area contributed by atoms with Crippen LogP contribution in [0.25, 0.3) is 0 Å². The Bertz CT molecular complexity index is 1180. The number of amides is 2. The number of nitrogens with two attached hydrogens (primary N) is 1. The van der Waals surface area contributed by atoms with Gasteiger partial charge in [0, 0.05) is 18.0 Å². The topological polar surface area (TPSA) is 145 Å². The van der Waals surface area contributed by atoms with Gasteiger partial charge in [-0.1, -0.05) is 0 Å². The van der Waals surface area contributed by atoms with Crippen molar-refractivity contribution in [2.75, 3.05) is 38.2 Å². The minimum atomic E-state index is -3.67. The van der Waals surface area contributed by atoms with Crippen molar-refractivity contribution >= 4 is 44.1 Å². The summed E-state index contributed by atoms with van der Waals surface area (Å²) in [5.41, 5.74) is 6.79. The largest absolute Gasteiger partial charge is 0.452 e. The van der Waals surface area contributed by atoms with Gasteiger partial charge in [0.05, 0.1) is 29.2 Å². The lowest BCUT2D eigenvalue weighted by molar-refractivity contribution is -0.119. The molecule has 2 aromatic rings. The van der Waals surface area contributed by atoms with Gasteiger partial charge in [0.1, 0.15) is 5.00 Å². The molecule has 176 valence electrons. The van der Waals surface area contributed by atoms with E-state index in [2.05, 4.69) is 5.32 Å². The van der Waals surface area contributed by atoms with Gasteiger partial charge in [-0.05, 0) is 49.1 Å². The predicted molar refractivity (Wildman–Crippen MR) is 120 cm³/mol. The van der Waals surface area contributed by atoms with Gasteiger partial charge >= 0.3 is 5.97 Å². The molecule has 0 saturated carbocycles. The quantitative estimate of drug-likeness (QED) is 0.550. The molecule has 1 saturated heterocycles. The van der Waals surface area contributed by atoms with Crippen molar-refractivity contribution in [2.24, 2.45) is 5.73 Å². The van der Waals surface area contributed by atoms with E-state index in [9.17, 15) is 22.8 Å². The minimum Gasteiger partial charge on any atom is -0.452 e. The Morgan fingerprint density at radius 3 is 2.48 bits per heavy atom. The number of nitrogens with one attached hydrogen (secondary N) is 1. The molecule has 1 aliphatic heterocycles. The van der Waals surface area contributed by atoms with Crippen molar-refractivity contribution in [2.45, 2.75) is 24.2 Å². The average molecular weight is 494 g/mol. The van der Waals surface area contributed by atoms with Gasteiger partial charge in [-0.15, -0.1) is 11.3 Å². The molecule has 2 aliphatic rings. The van der Waals surface area contributed by atoms with Gasteiger partial charge in [-0.25, -0.2) is 13.2 Å². The molecule has 1 aromatic carbocycles. The van der Waals surface area contributed by atoms with Crippen LogP contribution in [0.4, 0.5) is 5.00 Å². The second-order valence-electron chi connectivity index (χ2n) is 7.59. The second-order valence-corrected chi connectivity index (χ2v) is 10.6. The maximum atomic E-state index is 12.7. The number of morpholine rings is 1. The lowest BCUT2D eigenvalue weighted by Crippen LogP contribution is -2.40. The number of nitrogens with zero attached hydrogens (tertiary/aromatic N) is 1. The van der Waals surface area contributed by atoms with Crippen LogP contribution in [0.1, 0.15) is 37.6 Å². The zero-order chi connectivity index (χ0) is 23.6. The van der Waals surface area contributed by atoms with Crippen LogP contribution in [0, 0.1) is 0 Å². The Morgan fingerprint density at radius 1 is 1.12 bits per heavy atom. The molecular weight excluding hydrogens is 470 g/mol. The first kappa shape index (κ1) is 23.4. The third kappa shape index (κ3) is 4.93. The summed E-state index contributed by atoms with van der Waals surface area (Å²) in [6.45, 7) is 0.646. The summed E-state index contributed by atoms with van der Waals surface area (Å²) in [4.78, 5) is 37.5. The molecule has 4 rings (SSSR count). The number of ether oxygens (including phenoxy) is 2. The number of carbonyl (C=O) groups is 3. The second kappa shape index (κ2) is 9.59. The summed E-state index contributed by atoms with van der Waals surface area (Å²) in [6.07, 6.45) is 2.52. The van der Waals surface area contributed by atoms with Crippen LogP contribution >= 0.6 is 11.3 Å². The predicted octanol–water partition coefficient (Wildman–Crippen LogP) is 1.15. The Kier molecular flexibility index (Phi) is 6.79. The van der Waals surface area contributed by atoms with Crippen LogP contribution in [0.15, 0.2) is 29.2 Å². The molecule has 1 fully saturated rings. The van der Waals surface area contributed by atoms with E-state index >= 15 is 0 Å². The number of sulfonamides is 1. The van der Waals surface area contributed by atoms with Crippen LogP contribution in [0.3, 0.4) is 0 Å². The third-order valence-corrected chi connectivity index (χ3v) is 8.57. The van der Waals surface area contributed by atoms with Crippen molar-refractivity contribution in [1.82, 2.24) is 4.31 Å². The van der Waals surface area contributed by atoms with Gasteiger partial charge in [-0.2, -0.15) is 4.31 Å². The molecule has 0 radical (unpaired) electrons. The fourth-order valence-corrected chi connectivity index (χ4v) is 6.55. The first-order valence-corrected chi connectivity index (χ1v) is 12.6. The number of hydrogen-bond acceptors (Lipinski definition) is 8. The molecule has 0 bridgehead atoms. The van der Waals surface area contributed by atoms with E-state index in [1.807, 2.05) is 0 Å². The maximum Gasteiger partial charge on any atom is 0.338 e. The molecule has 33 heavy (non-hydrogen) atoms. The van der Waals surface area contributed by atoms with E-state index in [1.165, 1.54) is 39.9 Å². The molecule has 2 amide bonds. The van der Waals surface area contributed by atoms with E-state index in [0.717, 1.165) is 29.7 Å². The number of thiophene rings is 1. The summed E-state index contributed by atoms with van der Waals surface area (Å²) in [6, 6.07) is 5.33. The smallest absolute Gasteiger partial charge is 0.338 e. The van der Waals surface area contributed by atoms with Crippen LogP contribution in [0.5, 0.6) is 0 Å². The zero-order valence-electron chi connectivity index (χ0n) is 17.7. The van der Waals surface area contributed by atoms with Gasteiger partial charge < -0.3 is 20.5 Å². The first-order chi connectivity index (χ1) is 15.8. The number of carbonyl (C=O) groups excluding carboxylic acids is 3. The SMILES string of the molecule is NC(=O)c1c(NC(=O)COC(=O)c2ccc(S(=O)(=O)N3CCOCC3)cc2)sc2c1CCC2. The first-order valence-electron chi connectivity index (χ1n) is 10.4. The fraction of sp³-hybridized carbons (Fsp3) is 0.381. The van der Waals surface area contributed by atoms with Crippen molar-refractivity contribution in [3.8, 4) is 0 Å². The van der Waals surface area contributed by atoms with Crippen LogP contribution < -0.4 is 11.1 Å². The normalized spacial score (nSPS) is 16.2. The maximum absolute atomic E-state index is 12.7. The lowest BCUT2D eigenvalue weighted by Gasteiger charge is -2.26. The molecule has 3 N–H and O–H groups in total. The Hall–Kier alpha value is -2.80. The van der Waals surface area contributed by atoms with Crippen molar-refractivity contribution < 1.29 is 32.3 Å². The van der Waals surface area contributed by atoms with E-state index in [4.69, 9.17) is 15.2 Å². The summed E-state index contributed by atoms with van der Waals surface area (Å²) in [7, 11) is -3.67. The van der Waals surface area contributed by atoms with Gasteiger partial charge in [-0.3, -0.25) is 9.59 Å². The van der Waals surface area contributed by atoms with Crippen molar-refractivity contribution in [3.05, 3.63) is 45.8 Å².